The van der Waals surface area contributed by atoms with Crippen LogP contribution in [0.4, 0.5) is 0 Å². The van der Waals surface area contributed by atoms with Gasteiger partial charge in [0.1, 0.15) is 5.94 Å². The Balaban J connectivity index is -0.000000980. The number of hydrogen-bond acceptors (Lipinski definition) is 5. The van der Waals surface area contributed by atoms with Crippen LogP contribution in [0.5, 0.6) is 0 Å². The van der Waals surface area contributed by atoms with E-state index in [4.69, 9.17) is 0 Å². The van der Waals surface area contributed by atoms with E-state index in [0.29, 0.717) is 0 Å². The largest absolute Gasteiger partial charge is 0.459 e. The molecule has 0 heterocycles. The Bertz CT molecular complexity index is 282. The number of rotatable bonds is 4. The number of ether oxygens (including phenoxy) is 2. The average Bonchev–Trinajstić information content (AvgIpc) is 2.01. The minimum atomic E-state index is -1.01. The van der Waals surface area contributed by atoms with Gasteiger partial charge in [-0.05, 0) is 27.7 Å². The molecule has 0 bridgehead atoms. The third kappa shape index (κ3) is 11.2. The van der Waals surface area contributed by atoms with E-state index in [1.54, 1.807) is 27.7 Å². The third-order valence-corrected chi connectivity index (χ3v) is 1.20. The summed E-state index contributed by atoms with van der Waals surface area (Å²) >= 11 is 0. The fourth-order valence-corrected chi connectivity index (χ4v) is 0.713. The summed E-state index contributed by atoms with van der Waals surface area (Å²) in [6, 6.07) is 0. The van der Waals surface area contributed by atoms with Crippen LogP contribution in [0.15, 0.2) is 5.57 Å². The van der Waals surface area contributed by atoms with Crippen LogP contribution >= 0.6 is 0 Å². The molecule has 0 aliphatic carbocycles. The summed E-state index contributed by atoms with van der Waals surface area (Å²) in [6.45, 7) is 6.42. The minimum absolute atomic E-state index is 0. The summed E-state index contributed by atoms with van der Waals surface area (Å²) in [6.07, 6.45) is -0.819. The number of carbonyl (C=O) groups is 2. The SMILES string of the molecule is CC(C)OC(=O)C(=C=O)C(=O)OC(C)C.[K].[K]. The van der Waals surface area contributed by atoms with Gasteiger partial charge in [0.2, 0.25) is 5.57 Å². The third-order valence-electron chi connectivity index (χ3n) is 1.20. The van der Waals surface area contributed by atoms with Crippen LogP contribution in [0.1, 0.15) is 27.7 Å². The Hall–Kier alpha value is 1.66. The van der Waals surface area contributed by atoms with E-state index in [1.807, 2.05) is 0 Å². The maximum Gasteiger partial charge on any atom is 0.357 e. The first-order valence-corrected chi connectivity index (χ1v) is 4.55. The molecule has 0 saturated carbocycles. The van der Waals surface area contributed by atoms with Crippen molar-refractivity contribution in [1.82, 2.24) is 0 Å². The van der Waals surface area contributed by atoms with Crippen molar-refractivity contribution >= 4 is 121 Å². The van der Waals surface area contributed by atoms with Crippen LogP contribution in [0.25, 0.3) is 0 Å². The molecule has 0 aromatic carbocycles. The van der Waals surface area contributed by atoms with Gasteiger partial charge in [-0.3, -0.25) is 0 Å². The van der Waals surface area contributed by atoms with Crippen LogP contribution in [0, 0.1) is 0 Å². The second-order valence-corrected chi connectivity index (χ2v) is 3.39. The van der Waals surface area contributed by atoms with Gasteiger partial charge in [-0.1, -0.05) is 0 Å². The second-order valence-electron chi connectivity index (χ2n) is 3.39. The van der Waals surface area contributed by atoms with Gasteiger partial charge in [0.15, 0.2) is 0 Å². The normalized spacial score (nSPS) is 8.59. The van der Waals surface area contributed by atoms with E-state index < -0.39 is 29.7 Å². The molecule has 5 nitrogen and oxygen atoms in total. The molecule has 0 saturated heterocycles. The zero-order valence-electron chi connectivity index (χ0n) is 11.2. The molecule has 17 heavy (non-hydrogen) atoms. The van der Waals surface area contributed by atoms with E-state index in [9.17, 15) is 14.4 Å². The Morgan fingerprint density at radius 3 is 1.35 bits per heavy atom. The summed E-state index contributed by atoms with van der Waals surface area (Å²) in [5.74, 6) is -0.787. The van der Waals surface area contributed by atoms with Crippen molar-refractivity contribution in [3.05, 3.63) is 5.57 Å². The molecular weight excluding hydrogens is 278 g/mol. The molecule has 0 unspecified atom stereocenters. The fraction of sp³-hybridized carbons (Fsp3) is 0.600. The van der Waals surface area contributed by atoms with Crippen molar-refractivity contribution in [3.63, 3.8) is 0 Å². The Labute approximate surface area is 186 Å². The molecule has 0 fully saturated rings. The average molecular weight is 292 g/mol. The summed E-state index contributed by atoms with van der Waals surface area (Å²) in [7, 11) is 0. The molecular formula is C10H14K2O5. The molecule has 0 N–H and O–H groups in total. The summed E-state index contributed by atoms with van der Waals surface area (Å²) in [5, 5.41) is 0. The predicted molar refractivity (Wildman–Crippen MR) is 63.2 cm³/mol. The fourth-order valence-electron chi connectivity index (χ4n) is 0.713. The molecule has 0 spiro atoms. The van der Waals surface area contributed by atoms with Crippen LogP contribution in [-0.4, -0.2) is 133 Å². The van der Waals surface area contributed by atoms with Gasteiger partial charge >= 0.3 is 11.9 Å². The number of esters is 2. The molecule has 0 atom stereocenters. The summed E-state index contributed by atoms with van der Waals surface area (Å²) < 4.78 is 9.33. The zero-order valence-corrected chi connectivity index (χ0v) is 17.4. The van der Waals surface area contributed by atoms with Gasteiger partial charge in [-0.2, -0.15) is 0 Å². The second kappa shape index (κ2) is 12.7. The Morgan fingerprint density at radius 1 is 0.882 bits per heavy atom. The molecule has 2 radical (unpaired) electrons. The first-order valence-electron chi connectivity index (χ1n) is 4.55. The van der Waals surface area contributed by atoms with Crippen molar-refractivity contribution in [2.24, 2.45) is 0 Å². The van der Waals surface area contributed by atoms with Gasteiger partial charge in [0, 0.05) is 103 Å². The van der Waals surface area contributed by atoms with Gasteiger partial charge in [-0.15, -0.1) is 0 Å². The molecule has 0 aromatic rings. The van der Waals surface area contributed by atoms with Crippen molar-refractivity contribution in [2.45, 2.75) is 39.9 Å². The standard InChI is InChI=1S/C10H14O5.2K/c1-6(2)14-9(12)8(5-11)10(13)15-7(3)4;;/h6-7H,1-4H3;;. The summed E-state index contributed by atoms with van der Waals surface area (Å²) in [5.41, 5.74) is -0.739. The topological polar surface area (TPSA) is 69.7 Å². The quantitative estimate of drug-likeness (QED) is 0.180. The van der Waals surface area contributed by atoms with Crippen LogP contribution in [-0.2, 0) is 23.9 Å². The first-order chi connectivity index (χ1) is 6.88. The van der Waals surface area contributed by atoms with Crippen molar-refractivity contribution < 1.29 is 23.9 Å². The van der Waals surface area contributed by atoms with E-state index >= 15 is 0 Å². The Kier molecular flexibility index (Phi) is 17.7. The van der Waals surface area contributed by atoms with E-state index in [1.165, 1.54) is 5.94 Å². The van der Waals surface area contributed by atoms with Crippen LogP contribution in [0.3, 0.4) is 0 Å². The summed E-state index contributed by atoms with van der Waals surface area (Å²) in [4.78, 5) is 32.8. The van der Waals surface area contributed by atoms with Gasteiger partial charge < -0.3 is 9.47 Å². The maximum atomic E-state index is 11.2. The molecule has 0 aromatic heterocycles. The van der Waals surface area contributed by atoms with Crippen molar-refractivity contribution in [1.29, 1.82) is 0 Å². The van der Waals surface area contributed by atoms with Gasteiger partial charge in [0.25, 0.3) is 0 Å². The zero-order chi connectivity index (χ0) is 12.0. The minimum Gasteiger partial charge on any atom is -0.459 e. The van der Waals surface area contributed by atoms with Crippen LogP contribution in [0.2, 0.25) is 0 Å². The van der Waals surface area contributed by atoms with E-state index in [2.05, 4.69) is 9.47 Å². The maximum absolute atomic E-state index is 11.2. The van der Waals surface area contributed by atoms with Crippen LogP contribution < -0.4 is 0 Å². The number of carbonyl (C=O) groups excluding carboxylic acids is 3. The Morgan fingerprint density at radius 2 is 1.18 bits per heavy atom. The molecule has 0 amide bonds. The van der Waals surface area contributed by atoms with E-state index in [-0.39, 0.29) is 103 Å². The van der Waals surface area contributed by atoms with Crippen molar-refractivity contribution in [3.8, 4) is 0 Å². The predicted octanol–water partition coefficient (Wildman–Crippen LogP) is -0.114. The first kappa shape index (κ1) is 23.7. The van der Waals surface area contributed by atoms with Gasteiger partial charge in [-0.25, -0.2) is 14.4 Å². The molecule has 86 valence electrons. The molecule has 0 aliphatic heterocycles. The molecule has 7 heteroatoms. The van der Waals surface area contributed by atoms with Gasteiger partial charge in [0.05, 0.1) is 12.2 Å². The number of hydrogen-bond donors (Lipinski definition) is 0. The monoisotopic (exact) mass is 292 g/mol. The molecule has 0 aliphatic rings. The smallest absolute Gasteiger partial charge is 0.357 e. The molecule has 0 rings (SSSR count). The van der Waals surface area contributed by atoms with Crippen molar-refractivity contribution in [2.75, 3.05) is 0 Å². The van der Waals surface area contributed by atoms with E-state index in [0.717, 1.165) is 0 Å².